The van der Waals surface area contributed by atoms with Gasteiger partial charge in [0, 0.05) is 30.5 Å². The molecule has 0 radical (unpaired) electrons. The normalized spacial score (nSPS) is 16.8. The maximum Gasteiger partial charge on any atom is 0.255 e. The van der Waals surface area contributed by atoms with Crippen LogP contribution in [0.4, 0.5) is 0 Å². The van der Waals surface area contributed by atoms with Crippen LogP contribution in [0, 0.1) is 13.8 Å². The molecule has 3 heteroatoms. The van der Waals surface area contributed by atoms with E-state index in [0.717, 1.165) is 37.2 Å². The average molecular weight is 262 g/mol. The van der Waals surface area contributed by atoms with Gasteiger partial charge in [0.2, 0.25) is 0 Å². The Morgan fingerprint density at radius 2 is 1.68 bits per heavy atom. The third kappa shape index (κ3) is 2.85. The summed E-state index contributed by atoms with van der Waals surface area (Å²) in [6, 6.07) is 2.47. The molecule has 3 nitrogen and oxygen atoms in total. The molecule has 19 heavy (non-hydrogen) atoms. The molecule has 0 saturated carbocycles. The highest BCUT2D eigenvalue weighted by Crippen LogP contribution is 2.22. The van der Waals surface area contributed by atoms with Crippen molar-refractivity contribution in [2.45, 2.75) is 59.4 Å². The van der Waals surface area contributed by atoms with Gasteiger partial charge in [-0.3, -0.25) is 4.79 Å². The summed E-state index contributed by atoms with van der Waals surface area (Å²) in [4.78, 5) is 14.7. The van der Waals surface area contributed by atoms with E-state index >= 15 is 0 Å². The standard InChI is InChI=1S/C16H26N2O/c1-12(2)18-13(3)11-15(14(18)4)16(19)17-9-7-5-6-8-10-17/h11-12H,5-10H2,1-4H3. The number of hydrogen-bond acceptors (Lipinski definition) is 1. The van der Waals surface area contributed by atoms with Crippen molar-refractivity contribution in [3.8, 4) is 0 Å². The largest absolute Gasteiger partial charge is 0.346 e. The van der Waals surface area contributed by atoms with E-state index < -0.39 is 0 Å². The van der Waals surface area contributed by atoms with Gasteiger partial charge >= 0.3 is 0 Å². The fourth-order valence-corrected chi connectivity index (χ4v) is 3.23. The van der Waals surface area contributed by atoms with Crippen molar-refractivity contribution in [3.63, 3.8) is 0 Å². The Morgan fingerprint density at radius 1 is 1.11 bits per heavy atom. The Labute approximate surface area is 116 Å². The van der Waals surface area contributed by atoms with Crippen molar-refractivity contribution in [2.75, 3.05) is 13.1 Å². The number of rotatable bonds is 2. The molecule has 0 N–H and O–H groups in total. The van der Waals surface area contributed by atoms with Crippen molar-refractivity contribution < 1.29 is 4.79 Å². The van der Waals surface area contributed by atoms with Crippen LogP contribution in [0.15, 0.2) is 6.07 Å². The van der Waals surface area contributed by atoms with Crippen molar-refractivity contribution in [2.24, 2.45) is 0 Å². The third-order valence-corrected chi connectivity index (χ3v) is 4.12. The van der Waals surface area contributed by atoms with Crippen LogP contribution in [0.5, 0.6) is 0 Å². The van der Waals surface area contributed by atoms with E-state index in [2.05, 4.69) is 38.3 Å². The predicted octanol–water partition coefficient (Wildman–Crippen LogP) is 3.70. The topological polar surface area (TPSA) is 25.2 Å². The number of amides is 1. The summed E-state index contributed by atoms with van der Waals surface area (Å²) in [6.07, 6.45) is 4.81. The second-order valence-corrected chi connectivity index (χ2v) is 5.95. The second kappa shape index (κ2) is 5.81. The summed E-state index contributed by atoms with van der Waals surface area (Å²) in [5.74, 6) is 0.224. The number of carbonyl (C=O) groups excluding carboxylic acids is 1. The molecule has 1 fully saturated rings. The summed E-state index contributed by atoms with van der Waals surface area (Å²) in [6.45, 7) is 10.3. The lowest BCUT2D eigenvalue weighted by Gasteiger charge is -2.20. The molecule has 2 heterocycles. The van der Waals surface area contributed by atoms with Gasteiger partial charge in [-0.2, -0.15) is 0 Å². The summed E-state index contributed by atoms with van der Waals surface area (Å²) in [5.41, 5.74) is 3.19. The molecule has 1 amide bonds. The molecule has 2 rings (SSSR count). The number of aryl methyl sites for hydroxylation is 1. The van der Waals surface area contributed by atoms with Crippen LogP contribution in [-0.4, -0.2) is 28.5 Å². The van der Waals surface area contributed by atoms with Crippen LogP contribution in [0.1, 0.15) is 67.3 Å². The molecule has 1 aromatic heterocycles. The molecule has 0 aromatic carbocycles. The fourth-order valence-electron chi connectivity index (χ4n) is 3.23. The molecular weight excluding hydrogens is 236 g/mol. The fraction of sp³-hybridized carbons (Fsp3) is 0.688. The highest BCUT2D eigenvalue weighted by Gasteiger charge is 2.22. The predicted molar refractivity (Wildman–Crippen MR) is 78.7 cm³/mol. The summed E-state index contributed by atoms with van der Waals surface area (Å²) in [5, 5.41) is 0. The molecular formula is C16H26N2O. The van der Waals surface area contributed by atoms with Gasteiger partial charge in [-0.15, -0.1) is 0 Å². The van der Waals surface area contributed by atoms with E-state index in [9.17, 15) is 4.79 Å². The van der Waals surface area contributed by atoms with E-state index in [1.807, 2.05) is 4.90 Å². The maximum absolute atomic E-state index is 12.7. The van der Waals surface area contributed by atoms with Crippen LogP contribution < -0.4 is 0 Å². The smallest absolute Gasteiger partial charge is 0.255 e. The van der Waals surface area contributed by atoms with Gasteiger partial charge in [0.25, 0.3) is 5.91 Å². The molecule has 106 valence electrons. The number of aromatic nitrogens is 1. The van der Waals surface area contributed by atoms with Crippen LogP contribution in [0.3, 0.4) is 0 Å². The van der Waals surface area contributed by atoms with Gasteiger partial charge in [-0.1, -0.05) is 12.8 Å². The van der Waals surface area contributed by atoms with Crippen LogP contribution in [-0.2, 0) is 0 Å². The lowest BCUT2D eigenvalue weighted by atomic mass is 10.2. The number of carbonyl (C=O) groups is 1. The van der Waals surface area contributed by atoms with Crippen LogP contribution >= 0.6 is 0 Å². The Morgan fingerprint density at radius 3 is 2.16 bits per heavy atom. The minimum absolute atomic E-state index is 0.224. The van der Waals surface area contributed by atoms with Crippen LogP contribution in [0.25, 0.3) is 0 Å². The summed E-state index contributed by atoms with van der Waals surface area (Å²) >= 11 is 0. The molecule has 0 atom stereocenters. The minimum atomic E-state index is 0.224. The number of hydrogen-bond donors (Lipinski definition) is 0. The molecule has 1 saturated heterocycles. The maximum atomic E-state index is 12.7. The summed E-state index contributed by atoms with van der Waals surface area (Å²) in [7, 11) is 0. The number of nitrogens with zero attached hydrogens (tertiary/aromatic N) is 2. The first-order valence-corrected chi connectivity index (χ1v) is 7.50. The molecule has 1 aromatic rings. The molecule has 0 bridgehead atoms. The molecule has 0 spiro atoms. The van der Waals surface area contributed by atoms with Crippen molar-refractivity contribution in [3.05, 3.63) is 23.0 Å². The first-order chi connectivity index (χ1) is 9.02. The average Bonchev–Trinajstić information content (AvgIpc) is 2.57. The van der Waals surface area contributed by atoms with Crippen molar-refractivity contribution in [1.29, 1.82) is 0 Å². The third-order valence-electron chi connectivity index (χ3n) is 4.12. The first-order valence-electron chi connectivity index (χ1n) is 7.50. The van der Waals surface area contributed by atoms with Gasteiger partial charge in [0.15, 0.2) is 0 Å². The van der Waals surface area contributed by atoms with Crippen LogP contribution in [0.2, 0.25) is 0 Å². The summed E-state index contributed by atoms with van der Waals surface area (Å²) < 4.78 is 2.26. The second-order valence-electron chi connectivity index (χ2n) is 5.95. The first kappa shape index (κ1) is 14.2. The zero-order valence-electron chi connectivity index (χ0n) is 12.7. The van der Waals surface area contributed by atoms with Gasteiger partial charge in [0.05, 0.1) is 5.56 Å². The molecule has 1 aliphatic rings. The lowest BCUT2D eigenvalue weighted by Crippen LogP contribution is -2.32. The monoisotopic (exact) mass is 262 g/mol. The van der Waals surface area contributed by atoms with E-state index in [0.29, 0.717) is 6.04 Å². The SMILES string of the molecule is Cc1cc(C(=O)N2CCCCCC2)c(C)n1C(C)C. The highest BCUT2D eigenvalue weighted by atomic mass is 16.2. The van der Waals surface area contributed by atoms with Crippen molar-refractivity contribution >= 4 is 5.91 Å². The minimum Gasteiger partial charge on any atom is -0.346 e. The zero-order valence-corrected chi connectivity index (χ0v) is 12.7. The Bertz CT molecular complexity index is 452. The van der Waals surface area contributed by atoms with Gasteiger partial charge in [-0.05, 0) is 46.6 Å². The van der Waals surface area contributed by atoms with E-state index in [4.69, 9.17) is 0 Å². The molecule has 0 aliphatic carbocycles. The zero-order chi connectivity index (χ0) is 14.0. The Kier molecular flexibility index (Phi) is 4.33. The van der Waals surface area contributed by atoms with Crippen molar-refractivity contribution in [1.82, 2.24) is 9.47 Å². The number of likely N-dealkylation sites (tertiary alicyclic amines) is 1. The van der Waals surface area contributed by atoms with Gasteiger partial charge < -0.3 is 9.47 Å². The quantitative estimate of drug-likeness (QED) is 0.797. The Balaban J connectivity index is 2.26. The highest BCUT2D eigenvalue weighted by molar-refractivity contribution is 5.95. The molecule has 0 unspecified atom stereocenters. The lowest BCUT2D eigenvalue weighted by molar-refractivity contribution is 0.0761. The molecule has 1 aliphatic heterocycles. The van der Waals surface area contributed by atoms with E-state index in [1.54, 1.807) is 0 Å². The Hall–Kier alpha value is -1.25. The van der Waals surface area contributed by atoms with Gasteiger partial charge in [0.1, 0.15) is 0 Å². The van der Waals surface area contributed by atoms with E-state index in [1.165, 1.54) is 18.5 Å². The van der Waals surface area contributed by atoms with E-state index in [-0.39, 0.29) is 5.91 Å². The van der Waals surface area contributed by atoms with Gasteiger partial charge in [-0.25, -0.2) is 0 Å².